The Morgan fingerprint density at radius 1 is 1.25 bits per heavy atom. The average Bonchev–Trinajstić information content (AvgIpc) is 2.80. The lowest BCUT2D eigenvalue weighted by Crippen LogP contribution is -2.11. The van der Waals surface area contributed by atoms with Crippen molar-refractivity contribution in [2.45, 2.75) is 12.8 Å². The fourth-order valence-corrected chi connectivity index (χ4v) is 1.65. The van der Waals surface area contributed by atoms with Crippen molar-refractivity contribution in [3.8, 4) is 0 Å². The molecule has 16 heavy (non-hydrogen) atoms. The molecule has 0 spiro atoms. The van der Waals surface area contributed by atoms with E-state index in [0.717, 1.165) is 18.7 Å². The first-order valence-corrected chi connectivity index (χ1v) is 5.29. The van der Waals surface area contributed by atoms with E-state index < -0.39 is 4.92 Å². The van der Waals surface area contributed by atoms with Gasteiger partial charge in [-0.3, -0.25) is 15.1 Å². The maximum atomic E-state index is 10.4. The second-order valence-corrected chi connectivity index (χ2v) is 3.75. The predicted octanol–water partition coefficient (Wildman–Crippen LogP) is 2.02. The van der Waals surface area contributed by atoms with Crippen molar-refractivity contribution in [1.82, 2.24) is 5.01 Å². The lowest BCUT2D eigenvalue weighted by Gasteiger charge is -2.08. The molecule has 1 heterocycles. The first-order valence-electron chi connectivity index (χ1n) is 5.29. The highest BCUT2D eigenvalue weighted by atomic mass is 16.6. The van der Waals surface area contributed by atoms with Gasteiger partial charge in [0, 0.05) is 25.2 Å². The summed E-state index contributed by atoms with van der Waals surface area (Å²) in [6.07, 6.45) is 4.13. The summed E-state index contributed by atoms with van der Waals surface area (Å²) in [7, 11) is 0. The normalized spacial score (nSPS) is 15.9. The van der Waals surface area contributed by atoms with Crippen LogP contribution in [-0.2, 0) is 0 Å². The number of nitro benzene ring substituents is 1. The molecular formula is C11H13N3O2. The Bertz CT molecular complexity index is 394. The van der Waals surface area contributed by atoms with E-state index in [-0.39, 0.29) is 5.69 Å². The molecule has 5 heteroatoms. The molecule has 0 N–H and O–H groups in total. The molecule has 5 nitrogen and oxygen atoms in total. The summed E-state index contributed by atoms with van der Waals surface area (Å²) in [6.45, 7) is 2.01. The minimum Gasteiger partial charge on any atom is -0.297 e. The number of nitrogens with zero attached hydrogens (tertiary/aromatic N) is 3. The molecule has 1 fully saturated rings. The van der Waals surface area contributed by atoms with Gasteiger partial charge in [-0.15, -0.1) is 0 Å². The number of benzene rings is 1. The zero-order chi connectivity index (χ0) is 11.4. The van der Waals surface area contributed by atoms with Crippen molar-refractivity contribution in [3.63, 3.8) is 0 Å². The first kappa shape index (κ1) is 10.6. The average molecular weight is 219 g/mol. The van der Waals surface area contributed by atoms with Crippen molar-refractivity contribution in [1.29, 1.82) is 0 Å². The molecule has 1 aliphatic heterocycles. The van der Waals surface area contributed by atoms with Crippen LogP contribution in [0, 0.1) is 10.1 Å². The molecule has 1 aromatic carbocycles. The van der Waals surface area contributed by atoms with Gasteiger partial charge in [-0.2, -0.15) is 5.10 Å². The number of hydrazone groups is 1. The van der Waals surface area contributed by atoms with Crippen LogP contribution in [0.5, 0.6) is 0 Å². The maximum Gasteiger partial charge on any atom is 0.269 e. The molecule has 0 aromatic heterocycles. The Morgan fingerprint density at radius 2 is 1.88 bits per heavy atom. The molecule has 0 amide bonds. The van der Waals surface area contributed by atoms with E-state index in [4.69, 9.17) is 0 Å². The topological polar surface area (TPSA) is 58.7 Å². The number of nitro groups is 1. The minimum atomic E-state index is -0.401. The summed E-state index contributed by atoms with van der Waals surface area (Å²) in [4.78, 5) is 10.0. The van der Waals surface area contributed by atoms with Crippen LogP contribution in [0.25, 0.3) is 0 Å². The molecule has 84 valence electrons. The number of rotatable bonds is 3. The van der Waals surface area contributed by atoms with Crippen LogP contribution in [0.3, 0.4) is 0 Å². The van der Waals surface area contributed by atoms with Gasteiger partial charge in [0.15, 0.2) is 0 Å². The standard InChI is InChI=1S/C11H13N3O2/c15-14(16)11-5-3-10(4-6-11)9-12-13-7-1-2-8-13/h3-6,9H,1-2,7-8H2. The quantitative estimate of drug-likeness (QED) is 0.444. The third kappa shape index (κ3) is 2.56. The number of hydrogen-bond acceptors (Lipinski definition) is 4. The van der Waals surface area contributed by atoms with Crippen LogP contribution in [0.4, 0.5) is 5.69 Å². The number of hydrogen-bond donors (Lipinski definition) is 0. The molecule has 1 saturated heterocycles. The first-order chi connectivity index (χ1) is 7.75. The Kier molecular flexibility index (Phi) is 3.14. The lowest BCUT2D eigenvalue weighted by molar-refractivity contribution is -0.384. The van der Waals surface area contributed by atoms with Gasteiger partial charge in [0.1, 0.15) is 0 Å². The minimum absolute atomic E-state index is 0.110. The van der Waals surface area contributed by atoms with Crippen LogP contribution in [0.1, 0.15) is 18.4 Å². The van der Waals surface area contributed by atoms with Gasteiger partial charge in [-0.25, -0.2) is 0 Å². The predicted molar refractivity (Wildman–Crippen MR) is 61.5 cm³/mol. The molecule has 0 bridgehead atoms. The van der Waals surface area contributed by atoms with Gasteiger partial charge in [-0.1, -0.05) is 0 Å². The highest BCUT2D eigenvalue weighted by molar-refractivity contribution is 5.79. The van der Waals surface area contributed by atoms with Gasteiger partial charge >= 0.3 is 0 Å². The molecule has 1 aliphatic rings. The van der Waals surface area contributed by atoms with Gasteiger partial charge in [0.05, 0.1) is 11.1 Å². The Labute approximate surface area is 93.5 Å². The molecule has 0 atom stereocenters. The summed E-state index contributed by atoms with van der Waals surface area (Å²) in [5, 5.41) is 16.8. The van der Waals surface area contributed by atoms with Gasteiger partial charge in [0.25, 0.3) is 5.69 Å². The van der Waals surface area contributed by atoms with E-state index in [1.54, 1.807) is 18.3 Å². The van der Waals surface area contributed by atoms with E-state index >= 15 is 0 Å². The molecule has 0 saturated carbocycles. The third-order valence-electron chi connectivity index (χ3n) is 2.56. The Balaban J connectivity index is 2.01. The van der Waals surface area contributed by atoms with Crippen LogP contribution < -0.4 is 0 Å². The molecule has 1 aromatic rings. The van der Waals surface area contributed by atoms with E-state index in [2.05, 4.69) is 5.10 Å². The maximum absolute atomic E-state index is 10.4. The van der Waals surface area contributed by atoms with Crippen LogP contribution >= 0.6 is 0 Å². The Hall–Kier alpha value is -1.91. The summed E-state index contributed by atoms with van der Waals surface area (Å²) in [6, 6.07) is 6.39. The molecule has 2 rings (SSSR count). The molecule has 0 radical (unpaired) electrons. The Morgan fingerprint density at radius 3 is 2.44 bits per heavy atom. The van der Waals surface area contributed by atoms with E-state index in [1.165, 1.54) is 25.0 Å². The zero-order valence-electron chi connectivity index (χ0n) is 8.87. The molecule has 0 unspecified atom stereocenters. The second-order valence-electron chi connectivity index (χ2n) is 3.75. The molecular weight excluding hydrogens is 206 g/mol. The summed E-state index contributed by atoms with van der Waals surface area (Å²) in [5.41, 5.74) is 0.996. The van der Waals surface area contributed by atoms with Crippen LogP contribution in [-0.4, -0.2) is 29.2 Å². The van der Waals surface area contributed by atoms with Gasteiger partial charge in [-0.05, 0) is 30.5 Å². The smallest absolute Gasteiger partial charge is 0.269 e. The largest absolute Gasteiger partial charge is 0.297 e. The number of non-ortho nitro benzene ring substituents is 1. The van der Waals surface area contributed by atoms with Crippen molar-refractivity contribution < 1.29 is 4.92 Å². The summed E-state index contributed by atoms with van der Waals surface area (Å²) in [5.74, 6) is 0. The SMILES string of the molecule is O=[N+]([O-])c1ccc(C=NN2CCCC2)cc1. The fourth-order valence-electron chi connectivity index (χ4n) is 1.65. The van der Waals surface area contributed by atoms with E-state index in [0.29, 0.717) is 0 Å². The van der Waals surface area contributed by atoms with Crippen molar-refractivity contribution in [3.05, 3.63) is 39.9 Å². The van der Waals surface area contributed by atoms with Crippen molar-refractivity contribution in [2.75, 3.05) is 13.1 Å². The monoisotopic (exact) mass is 219 g/mol. The third-order valence-corrected chi connectivity index (χ3v) is 2.56. The van der Waals surface area contributed by atoms with Crippen molar-refractivity contribution in [2.24, 2.45) is 5.10 Å². The van der Waals surface area contributed by atoms with Crippen molar-refractivity contribution >= 4 is 11.9 Å². The second kappa shape index (κ2) is 4.74. The van der Waals surface area contributed by atoms with E-state index in [1.807, 2.05) is 5.01 Å². The van der Waals surface area contributed by atoms with E-state index in [9.17, 15) is 10.1 Å². The summed E-state index contributed by atoms with van der Waals surface area (Å²) >= 11 is 0. The highest BCUT2D eigenvalue weighted by Gasteiger charge is 2.07. The highest BCUT2D eigenvalue weighted by Crippen LogP contribution is 2.11. The van der Waals surface area contributed by atoms with Crippen LogP contribution in [0.15, 0.2) is 29.4 Å². The summed E-state index contributed by atoms with van der Waals surface area (Å²) < 4.78 is 0. The lowest BCUT2D eigenvalue weighted by atomic mass is 10.2. The fraction of sp³-hybridized carbons (Fsp3) is 0.364. The molecule has 0 aliphatic carbocycles. The van der Waals surface area contributed by atoms with Gasteiger partial charge in [0.2, 0.25) is 0 Å². The van der Waals surface area contributed by atoms with Gasteiger partial charge < -0.3 is 0 Å². The zero-order valence-corrected chi connectivity index (χ0v) is 8.87. The van der Waals surface area contributed by atoms with Crippen LogP contribution in [0.2, 0.25) is 0 Å².